The number of furan rings is 1. The summed E-state index contributed by atoms with van der Waals surface area (Å²) in [5.41, 5.74) is 2.29. The Labute approximate surface area is 191 Å². The molecular formula is C27H23FN2O3. The summed E-state index contributed by atoms with van der Waals surface area (Å²) in [7, 11) is 0. The van der Waals surface area contributed by atoms with Crippen molar-refractivity contribution in [3.8, 4) is 0 Å². The zero-order valence-corrected chi connectivity index (χ0v) is 18.1. The topological polar surface area (TPSA) is 62.6 Å². The first-order chi connectivity index (χ1) is 16.0. The first-order valence-electron chi connectivity index (χ1n) is 10.5. The zero-order chi connectivity index (χ0) is 23.2. The van der Waals surface area contributed by atoms with Crippen molar-refractivity contribution in [3.63, 3.8) is 0 Å². The first-order valence-corrected chi connectivity index (χ1v) is 10.5. The van der Waals surface area contributed by atoms with Crippen LogP contribution in [0.3, 0.4) is 0 Å². The van der Waals surface area contributed by atoms with Crippen LogP contribution in [0.4, 0.5) is 10.1 Å². The summed E-state index contributed by atoms with van der Waals surface area (Å²) in [6.45, 7) is 1.98. The average molecular weight is 442 g/mol. The third-order valence-electron chi connectivity index (χ3n) is 5.34. The maximum absolute atomic E-state index is 13.7. The van der Waals surface area contributed by atoms with Gasteiger partial charge in [0.1, 0.15) is 17.6 Å². The number of halogens is 1. The second kappa shape index (κ2) is 9.96. The SMILES string of the molecule is Cc1occc1C(=O)N(c1ccccc1)C(C(=O)NCc1ccccc1)c1ccc(F)cc1. The molecule has 0 bridgehead atoms. The summed E-state index contributed by atoms with van der Waals surface area (Å²) >= 11 is 0. The Morgan fingerprint density at radius 2 is 1.55 bits per heavy atom. The Morgan fingerprint density at radius 1 is 0.909 bits per heavy atom. The molecule has 33 heavy (non-hydrogen) atoms. The maximum Gasteiger partial charge on any atom is 0.262 e. The van der Waals surface area contributed by atoms with E-state index in [0.717, 1.165) is 5.56 Å². The lowest BCUT2D eigenvalue weighted by Gasteiger charge is -2.31. The molecule has 0 radical (unpaired) electrons. The average Bonchev–Trinajstić information content (AvgIpc) is 3.28. The summed E-state index contributed by atoms with van der Waals surface area (Å²) in [6.07, 6.45) is 1.44. The Kier molecular flexibility index (Phi) is 6.64. The molecular weight excluding hydrogens is 419 g/mol. The quantitative estimate of drug-likeness (QED) is 0.415. The van der Waals surface area contributed by atoms with Crippen LogP contribution in [0.5, 0.6) is 0 Å². The Morgan fingerprint density at radius 3 is 2.15 bits per heavy atom. The molecule has 0 spiro atoms. The van der Waals surface area contributed by atoms with Crippen molar-refractivity contribution >= 4 is 17.5 Å². The van der Waals surface area contributed by atoms with Gasteiger partial charge in [0, 0.05) is 12.2 Å². The minimum absolute atomic E-state index is 0.291. The van der Waals surface area contributed by atoms with Crippen molar-refractivity contribution in [3.05, 3.63) is 126 Å². The van der Waals surface area contributed by atoms with Gasteiger partial charge in [-0.25, -0.2) is 4.39 Å². The van der Waals surface area contributed by atoms with Gasteiger partial charge in [0.05, 0.1) is 11.8 Å². The van der Waals surface area contributed by atoms with Crippen LogP contribution >= 0.6 is 0 Å². The molecule has 0 saturated carbocycles. The predicted molar refractivity (Wildman–Crippen MR) is 124 cm³/mol. The summed E-state index contributed by atoms with van der Waals surface area (Å²) in [5, 5.41) is 2.93. The van der Waals surface area contributed by atoms with E-state index in [1.54, 1.807) is 37.3 Å². The van der Waals surface area contributed by atoms with Gasteiger partial charge in [-0.3, -0.25) is 14.5 Å². The molecule has 1 heterocycles. The fourth-order valence-electron chi connectivity index (χ4n) is 3.65. The number of carbonyl (C=O) groups excluding carboxylic acids is 2. The number of aryl methyl sites for hydroxylation is 1. The zero-order valence-electron chi connectivity index (χ0n) is 18.1. The lowest BCUT2D eigenvalue weighted by Crippen LogP contribution is -2.44. The number of benzene rings is 3. The van der Waals surface area contributed by atoms with Gasteiger partial charge < -0.3 is 9.73 Å². The number of hydrogen-bond acceptors (Lipinski definition) is 3. The Bertz CT molecular complexity index is 1220. The second-order valence-electron chi connectivity index (χ2n) is 7.56. The van der Waals surface area contributed by atoms with Crippen molar-refractivity contribution in [1.82, 2.24) is 5.32 Å². The summed E-state index contributed by atoms with van der Waals surface area (Å²) in [6, 6.07) is 24.6. The van der Waals surface area contributed by atoms with Crippen LogP contribution in [0.25, 0.3) is 0 Å². The van der Waals surface area contributed by atoms with Gasteiger partial charge >= 0.3 is 0 Å². The largest absolute Gasteiger partial charge is 0.469 e. The number of anilines is 1. The third-order valence-corrected chi connectivity index (χ3v) is 5.34. The van der Waals surface area contributed by atoms with Gasteiger partial charge in [-0.1, -0.05) is 60.7 Å². The molecule has 4 aromatic rings. The van der Waals surface area contributed by atoms with E-state index >= 15 is 0 Å². The third kappa shape index (κ3) is 5.01. The number of nitrogens with zero attached hydrogens (tertiary/aromatic N) is 1. The van der Waals surface area contributed by atoms with Gasteiger partial charge in [-0.05, 0) is 48.4 Å². The lowest BCUT2D eigenvalue weighted by molar-refractivity contribution is -0.122. The number of rotatable bonds is 7. The van der Waals surface area contributed by atoms with Crippen LogP contribution in [0, 0.1) is 12.7 Å². The van der Waals surface area contributed by atoms with E-state index in [-0.39, 0.29) is 5.91 Å². The number of amides is 2. The number of nitrogens with one attached hydrogen (secondary N) is 1. The molecule has 3 aromatic carbocycles. The molecule has 0 saturated heterocycles. The monoisotopic (exact) mass is 442 g/mol. The van der Waals surface area contributed by atoms with Crippen LogP contribution in [-0.2, 0) is 11.3 Å². The summed E-state index contributed by atoms with van der Waals surface area (Å²) < 4.78 is 19.0. The standard InChI is InChI=1S/C27H23FN2O3/c1-19-24(16-17-33-19)27(32)30(23-10-6-3-7-11-23)25(21-12-14-22(28)15-13-21)26(31)29-18-20-8-4-2-5-9-20/h2-17,25H,18H2,1H3,(H,29,31). The highest BCUT2D eigenvalue weighted by Gasteiger charge is 2.34. The van der Waals surface area contributed by atoms with Crippen LogP contribution in [-0.4, -0.2) is 11.8 Å². The molecule has 0 aliphatic heterocycles. The Hall–Kier alpha value is -4.19. The lowest BCUT2D eigenvalue weighted by atomic mass is 10.0. The van der Waals surface area contributed by atoms with Gasteiger partial charge in [-0.2, -0.15) is 0 Å². The van der Waals surface area contributed by atoms with E-state index in [1.165, 1.54) is 35.4 Å². The van der Waals surface area contributed by atoms with Crippen molar-refractivity contribution in [2.75, 3.05) is 4.90 Å². The normalized spacial score (nSPS) is 11.6. The van der Waals surface area contributed by atoms with Gasteiger partial charge in [0.15, 0.2) is 0 Å². The molecule has 5 nitrogen and oxygen atoms in total. The van der Waals surface area contributed by atoms with Crippen molar-refractivity contribution in [2.24, 2.45) is 0 Å². The van der Waals surface area contributed by atoms with Crippen LogP contribution in [0.2, 0.25) is 0 Å². The molecule has 1 N–H and O–H groups in total. The second-order valence-corrected chi connectivity index (χ2v) is 7.56. The van der Waals surface area contributed by atoms with Crippen LogP contribution in [0.15, 0.2) is 102 Å². The summed E-state index contributed by atoms with van der Waals surface area (Å²) in [5.74, 6) is -0.755. The molecule has 0 aliphatic carbocycles. The van der Waals surface area contributed by atoms with E-state index in [1.807, 2.05) is 36.4 Å². The minimum Gasteiger partial charge on any atom is -0.469 e. The highest BCUT2D eigenvalue weighted by molar-refractivity contribution is 6.10. The van der Waals surface area contributed by atoms with E-state index < -0.39 is 17.8 Å². The molecule has 2 amide bonds. The first kappa shape index (κ1) is 22.0. The molecule has 1 aromatic heterocycles. The number of carbonyl (C=O) groups is 2. The van der Waals surface area contributed by atoms with E-state index in [2.05, 4.69) is 5.32 Å². The van der Waals surface area contributed by atoms with Gasteiger partial charge in [0.25, 0.3) is 5.91 Å². The molecule has 6 heteroatoms. The van der Waals surface area contributed by atoms with Crippen molar-refractivity contribution < 1.29 is 18.4 Å². The molecule has 4 rings (SSSR count). The predicted octanol–water partition coefficient (Wildman–Crippen LogP) is 5.43. The molecule has 0 aliphatic rings. The van der Waals surface area contributed by atoms with Crippen molar-refractivity contribution in [1.29, 1.82) is 0 Å². The van der Waals surface area contributed by atoms with Crippen LogP contribution < -0.4 is 10.2 Å². The number of para-hydroxylation sites is 1. The fraction of sp³-hybridized carbons (Fsp3) is 0.111. The van der Waals surface area contributed by atoms with Crippen molar-refractivity contribution in [2.45, 2.75) is 19.5 Å². The summed E-state index contributed by atoms with van der Waals surface area (Å²) in [4.78, 5) is 28.7. The van der Waals surface area contributed by atoms with E-state index in [0.29, 0.717) is 29.1 Å². The van der Waals surface area contributed by atoms with Crippen LogP contribution in [0.1, 0.15) is 33.3 Å². The number of hydrogen-bond donors (Lipinski definition) is 1. The van der Waals surface area contributed by atoms with Gasteiger partial charge in [0.2, 0.25) is 5.91 Å². The molecule has 166 valence electrons. The highest BCUT2D eigenvalue weighted by Crippen LogP contribution is 2.31. The molecule has 1 unspecified atom stereocenters. The minimum atomic E-state index is -1.03. The Balaban J connectivity index is 1.77. The molecule has 0 fully saturated rings. The van der Waals surface area contributed by atoms with E-state index in [4.69, 9.17) is 4.42 Å². The smallest absolute Gasteiger partial charge is 0.262 e. The molecule has 1 atom stereocenters. The maximum atomic E-state index is 13.7. The fourth-order valence-corrected chi connectivity index (χ4v) is 3.65. The highest BCUT2D eigenvalue weighted by atomic mass is 19.1. The van der Waals surface area contributed by atoms with Gasteiger partial charge in [-0.15, -0.1) is 0 Å². The van der Waals surface area contributed by atoms with E-state index in [9.17, 15) is 14.0 Å².